The van der Waals surface area contributed by atoms with Gasteiger partial charge in [0.25, 0.3) is 5.88 Å². The van der Waals surface area contributed by atoms with Gasteiger partial charge >= 0.3 is 0 Å². The van der Waals surface area contributed by atoms with Gasteiger partial charge < -0.3 is 9.64 Å². The van der Waals surface area contributed by atoms with E-state index >= 15 is 0 Å². The summed E-state index contributed by atoms with van der Waals surface area (Å²) in [6.45, 7) is -2.01. The number of aromatic nitrogens is 2. The minimum Gasteiger partial charge on any atom is -0.475 e. The van der Waals surface area contributed by atoms with E-state index < -0.39 is 32.4 Å². The molecule has 0 aromatic carbocycles. The van der Waals surface area contributed by atoms with Crippen molar-refractivity contribution in [2.75, 3.05) is 26.7 Å². The molecule has 2 heterocycles. The van der Waals surface area contributed by atoms with Crippen LogP contribution in [0.15, 0.2) is 6.08 Å². The molecular formula is C14H23N3OS. The Bertz CT molecular complexity index is 717. The first kappa shape index (κ1) is 6.68. The molecule has 2 rings (SSSR count). The lowest BCUT2D eigenvalue weighted by Gasteiger charge is -2.22. The molecule has 0 bridgehead atoms. The van der Waals surface area contributed by atoms with E-state index in [0.29, 0.717) is 12.2 Å². The first-order valence-electron chi connectivity index (χ1n) is 10.5. The average molecular weight is 290 g/mol. The van der Waals surface area contributed by atoms with Crippen molar-refractivity contribution in [2.45, 2.75) is 38.8 Å². The largest absolute Gasteiger partial charge is 0.475 e. The molecule has 1 aromatic heterocycles. The highest BCUT2D eigenvalue weighted by Gasteiger charge is 2.18. The van der Waals surface area contributed by atoms with Gasteiger partial charge in [0, 0.05) is 25.4 Å². The summed E-state index contributed by atoms with van der Waals surface area (Å²) < 4.78 is 82.2. The summed E-state index contributed by atoms with van der Waals surface area (Å²) in [5, 5.41) is 0. The third-order valence-electron chi connectivity index (χ3n) is 2.72. The fourth-order valence-electron chi connectivity index (χ4n) is 1.84. The molecule has 0 unspecified atom stereocenters. The van der Waals surface area contributed by atoms with E-state index in [-0.39, 0.29) is 12.5 Å². The van der Waals surface area contributed by atoms with Crippen LogP contribution in [0.25, 0.3) is 5.57 Å². The summed E-state index contributed by atoms with van der Waals surface area (Å²) in [4.78, 5) is 2.11. The molecule has 1 aromatic rings. The van der Waals surface area contributed by atoms with E-state index in [4.69, 9.17) is 17.1 Å². The Balaban J connectivity index is 2.07. The fraction of sp³-hybridized carbons (Fsp3) is 0.714. The SMILES string of the molecule is [2H]C([2H])([2H])C([2H])([2H])C([2H])([2H])C([2H])([2H])CCOc1nsnc1C1=CCCN(C)C1. The van der Waals surface area contributed by atoms with Crippen molar-refractivity contribution in [1.29, 1.82) is 0 Å². The van der Waals surface area contributed by atoms with Crippen molar-refractivity contribution < 1.29 is 17.1 Å². The van der Waals surface area contributed by atoms with Crippen molar-refractivity contribution >= 4 is 17.3 Å². The van der Waals surface area contributed by atoms with Crippen LogP contribution >= 0.6 is 11.7 Å². The van der Waals surface area contributed by atoms with Gasteiger partial charge in [0.1, 0.15) is 5.69 Å². The van der Waals surface area contributed by atoms with Gasteiger partial charge in [-0.2, -0.15) is 4.37 Å². The Morgan fingerprint density at radius 2 is 2.47 bits per heavy atom. The number of ether oxygens (including phenoxy) is 1. The van der Waals surface area contributed by atoms with Gasteiger partial charge in [-0.25, -0.2) is 0 Å². The van der Waals surface area contributed by atoms with Crippen LogP contribution in [0.5, 0.6) is 5.88 Å². The Labute approximate surface area is 132 Å². The monoisotopic (exact) mass is 290 g/mol. The van der Waals surface area contributed by atoms with Gasteiger partial charge in [0.05, 0.1) is 18.3 Å². The summed E-state index contributed by atoms with van der Waals surface area (Å²) in [6, 6.07) is 0. The van der Waals surface area contributed by atoms with Crippen molar-refractivity contribution in [3.8, 4) is 5.88 Å². The third-order valence-corrected chi connectivity index (χ3v) is 3.23. The number of hydrogen-bond donors (Lipinski definition) is 0. The van der Waals surface area contributed by atoms with Gasteiger partial charge in [-0.1, -0.05) is 32.0 Å². The Kier molecular flexibility index (Phi) is 2.67. The van der Waals surface area contributed by atoms with Crippen LogP contribution in [0.1, 0.15) is 56.8 Å². The van der Waals surface area contributed by atoms with Crippen LogP contribution in [-0.4, -0.2) is 40.4 Å². The Morgan fingerprint density at radius 3 is 3.32 bits per heavy atom. The summed E-state index contributed by atoms with van der Waals surface area (Å²) in [7, 11) is 1.98. The summed E-state index contributed by atoms with van der Waals surface area (Å²) in [6.07, 6.45) is -7.06. The lowest BCUT2D eigenvalue weighted by molar-refractivity contribution is 0.294. The quantitative estimate of drug-likeness (QED) is 0.773. The summed E-state index contributed by atoms with van der Waals surface area (Å²) in [5.74, 6) is 0.210. The lowest BCUT2D eigenvalue weighted by Crippen LogP contribution is -2.25. The van der Waals surface area contributed by atoms with Crippen LogP contribution in [-0.2, 0) is 0 Å². The maximum atomic E-state index is 7.94. The van der Waals surface area contributed by atoms with Crippen molar-refractivity contribution in [3.05, 3.63) is 11.8 Å². The van der Waals surface area contributed by atoms with E-state index in [9.17, 15) is 0 Å². The van der Waals surface area contributed by atoms with Crippen molar-refractivity contribution in [2.24, 2.45) is 0 Å². The fourth-order valence-corrected chi connectivity index (χ4v) is 2.37. The molecule has 5 heteroatoms. The maximum Gasteiger partial charge on any atom is 0.253 e. The van der Waals surface area contributed by atoms with Gasteiger partial charge in [0.15, 0.2) is 0 Å². The molecule has 0 N–H and O–H groups in total. The Hall–Kier alpha value is -0.940. The van der Waals surface area contributed by atoms with Crippen LogP contribution in [0, 0.1) is 0 Å². The van der Waals surface area contributed by atoms with Crippen LogP contribution in [0.3, 0.4) is 0 Å². The van der Waals surface area contributed by atoms with Crippen LogP contribution in [0.4, 0.5) is 0 Å². The molecule has 106 valence electrons. The van der Waals surface area contributed by atoms with Crippen LogP contribution < -0.4 is 4.74 Å². The second-order valence-electron chi connectivity index (χ2n) is 4.20. The molecule has 0 fully saturated rings. The molecule has 0 saturated heterocycles. The lowest BCUT2D eigenvalue weighted by atomic mass is 10.1. The van der Waals surface area contributed by atoms with Crippen molar-refractivity contribution in [3.63, 3.8) is 0 Å². The Morgan fingerprint density at radius 1 is 1.53 bits per heavy atom. The third kappa shape index (κ3) is 4.28. The van der Waals surface area contributed by atoms with Gasteiger partial charge in [-0.3, -0.25) is 0 Å². The molecule has 1 aliphatic rings. The highest BCUT2D eigenvalue weighted by Crippen LogP contribution is 2.27. The molecule has 1 aliphatic heterocycles. The zero-order valence-corrected chi connectivity index (χ0v) is 11.6. The molecule has 0 radical (unpaired) electrons. The highest BCUT2D eigenvalue weighted by molar-refractivity contribution is 6.99. The number of likely N-dealkylation sites (N-methyl/N-ethyl adjacent to an activating group) is 1. The molecular weight excluding hydrogens is 258 g/mol. The molecule has 4 nitrogen and oxygen atoms in total. The normalized spacial score (nSPS) is 26.4. The first-order valence-corrected chi connectivity index (χ1v) is 6.77. The first-order chi connectivity index (χ1) is 12.7. The molecule has 0 spiro atoms. The van der Waals surface area contributed by atoms with E-state index in [1.165, 1.54) is 0 Å². The second-order valence-corrected chi connectivity index (χ2v) is 4.73. The highest BCUT2D eigenvalue weighted by atomic mass is 32.1. The smallest absolute Gasteiger partial charge is 0.253 e. The number of hydrogen-bond acceptors (Lipinski definition) is 5. The predicted molar refractivity (Wildman–Crippen MR) is 79.6 cm³/mol. The standard InChI is InChI=1S/C14H23N3OS/c1-3-4-5-6-10-18-14-13(15-19-16-14)12-8-7-9-17(2)11-12/h8H,3-7,9-11H2,1-2H3/i1D3,3D2,4D2,5D2. The van der Waals surface area contributed by atoms with E-state index in [1.54, 1.807) is 0 Å². The van der Waals surface area contributed by atoms with Gasteiger partial charge in [-0.05, 0) is 25.5 Å². The number of rotatable bonds is 7. The molecule has 0 amide bonds. The molecule has 0 atom stereocenters. The van der Waals surface area contributed by atoms with Gasteiger partial charge in [0.2, 0.25) is 0 Å². The van der Waals surface area contributed by atoms with E-state index in [2.05, 4.69) is 13.6 Å². The minimum atomic E-state index is -3.37. The zero-order valence-electron chi connectivity index (χ0n) is 19.8. The molecule has 0 saturated carbocycles. The topological polar surface area (TPSA) is 38.3 Å². The zero-order chi connectivity index (χ0) is 21.4. The van der Waals surface area contributed by atoms with Crippen molar-refractivity contribution in [1.82, 2.24) is 13.6 Å². The van der Waals surface area contributed by atoms with Crippen LogP contribution in [0.2, 0.25) is 0 Å². The van der Waals surface area contributed by atoms with E-state index in [0.717, 1.165) is 30.3 Å². The molecule has 0 aliphatic carbocycles. The summed E-state index contributed by atoms with van der Waals surface area (Å²) in [5.41, 5.74) is 1.49. The maximum absolute atomic E-state index is 7.94. The minimum absolute atomic E-state index is 0.210. The van der Waals surface area contributed by atoms with E-state index in [1.807, 2.05) is 13.1 Å². The number of nitrogens with zero attached hydrogens (tertiary/aromatic N) is 3. The summed E-state index contributed by atoms with van der Waals surface area (Å²) >= 11 is 0.946. The average Bonchev–Trinajstić information content (AvgIpc) is 3.01. The van der Waals surface area contributed by atoms with Gasteiger partial charge in [-0.15, -0.1) is 4.37 Å². The second kappa shape index (κ2) is 7.60. The predicted octanol–water partition coefficient (Wildman–Crippen LogP) is 3.22. The molecule has 19 heavy (non-hydrogen) atoms.